The van der Waals surface area contributed by atoms with Crippen LogP contribution in [0, 0.1) is 0 Å². The molecule has 0 aliphatic carbocycles. The van der Waals surface area contributed by atoms with E-state index in [9.17, 15) is 19.2 Å². The number of carboxylic acid groups (broad SMARTS) is 4. The number of aliphatic hydroxyl groups is 3. The molecular weight excluding hydrogens is 284 g/mol. The fourth-order valence-corrected chi connectivity index (χ4v) is 0.792. The first-order chi connectivity index (χ1) is 8.96. The van der Waals surface area contributed by atoms with E-state index in [2.05, 4.69) is 0 Å². The minimum atomic E-state index is -2.74. The fourth-order valence-electron chi connectivity index (χ4n) is 0.792. The van der Waals surface area contributed by atoms with Crippen molar-refractivity contribution in [1.29, 1.82) is 0 Å². The van der Waals surface area contributed by atoms with Gasteiger partial charge in [0.2, 0.25) is 0 Å². The molecule has 116 valence electrons. The minimum absolute atomic E-state index is 0.727. The van der Waals surface area contributed by atoms with E-state index in [0.717, 1.165) is 0 Å². The first kappa shape index (κ1) is 20.1. The summed E-state index contributed by atoms with van der Waals surface area (Å²) in [7, 11) is 0. The quantitative estimate of drug-likeness (QED) is 0.254. The maximum atomic E-state index is 10.3. The predicted molar refractivity (Wildman–Crippen MR) is 57.8 cm³/mol. The number of carboxylic acids is 4. The summed E-state index contributed by atoms with van der Waals surface area (Å²) < 4.78 is 0. The molecule has 11 nitrogen and oxygen atoms in total. The Morgan fingerprint density at radius 1 is 0.900 bits per heavy atom. The Kier molecular flexibility index (Phi) is 8.83. The fraction of sp³-hybridized carbons (Fsp3) is 0.556. The highest BCUT2D eigenvalue weighted by molar-refractivity contribution is 5.88. The molecule has 0 aromatic rings. The summed E-state index contributed by atoms with van der Waals surface area (Å²) in [5.41, 5.74) is -2.74. The lowest BCUT2D eigenvalue weighted by atomic mass is 9.96. The Bertz CT molecular complexity index is 358. The van der Waals surface area contributed by atoms with Gasteiger partial charge in [-0.3, -0.25) is 9.59 Å². The van der Waals surface area contributed by atoms with Gasteiger partial charge in [-0.25, -0.2) is 9.59 Å². The predicted octanol–water partition coefficient (Wildman–Crippen LogP) is -2.82. The second kappa shape index (κ2) is 8.79. The van der Waals surface area contributed by atoms with Crippen molar-refractivity contribution in [2.24, 2.45) is 0 Å². The lowest BCUT2D eigenvalue weighted by Gasteiger charge is -2.18. The second-order valence-electron chi connectivity index (χ2n) is 3.51. The molecule has 1 atom stereocenters. The molecule has 0 fully saturated rings. The van der Waals surface area contributed by atoms with Crippen LogP contribution in [-0.4, -0.2) is 77.9 Å². The number of hydrogen-bond donors (Lipinski definition) is 7. The number of hydrogen-bond acceptors (Lipinski definition) is 7. The van der Waals surface area contributed by atoms with Gasteiger partial charge in [0.25, 0.3) is 0 Å². The van der Waals surface area contributed by atoms with E-state index in [-0.39, 0.29) is 0 Å². The molecule has 0 saturated carbocycles. The third-order valence-electron chi connectivity index (χ3n) is 1.74. The Morgan fingerprint density at radius 2 is 1.25 bits per heavy atom. The summed E-state index contributed by atoms with van der Waals surface area (Å²) >= 11 is 0. The maximum absolute atomic E-state index is 10.3. The number of rotatable bonds is 7. The Morgan fingerprint density at radius 3 is 1.35 bits per heavy atom. The average molecular weight is 298 g/mol. The van der Waals surface area contributed by atoms with Gasteiger partial charge in [-0.2, -0.15) is 0 Å². The van der Waals surface area contributed by atoms with Crippen molar-refractivity contribution in [3.8, 4) is 0 Å². The van der Waals surface area contributed by atoms with E-state index < -0.39 is 55.0 Å². The first-order valence-electron chi connectivity index (χ1n) is 4.87. The van der Waals surface area contributed by atoms with Crippen LogP contribution in [-0.2, 0) is 19.2 Å². The van der Waals surface area contributed by atoms with Gasteiger partial charge in [0, 0.05) is 0 Å². The molecule has 0 bridgehead atoms. The summed E-state index contributed by atoms with van der Waals surface area (Å²) in [5.74, 6) is -6.42. The van der Waals surface area contributed by atoms with E-state index in [1.165, 1.54) is 0 Å². The van der Waals surface area contributed by atoms with Crippen molar-refractivity contribution >= 4 is 23.9 Å². The van der Waals surface area contributed by atoms with E-state index >= 15 is 0 Å². The van der Waals surface area contributed by atoms with E-state index in [1.54, 1.807) is 0 Å². The largest absolute Gasteiger partial charge is 0.481 e. The van der Waals surface area contributed by atoms with Crippen LogP contribution in [0.15, 0.2) is 0 Å². The SMILES string of the molecule is O=C(O)C(O)CO.O=C(O)CC(O)(CC(=O)O)C(=O)O. The molecule has 7 N–H and O–H groups in total. The van der Waals surface area contributed by atoms with Gasteiger partial charge >= 0.3 is 23.9 Å². The van der Waals surface area contributed by atoms with Crippen LogP contribution >= 0.6 is 0 Å². The third-order valence-corrected chi connectivity index (χ3v) is 1.74. The molecule has 20 heavy (non-hydrogen) atoms. The van der Waals surface area contributed by atoms with E-state index in [1.807, 2.05) is 0 Å². The van der Waals surface area contributed by atoms with Crippen molar-refractivity contribution < 1.29 is 54.9 Å². The monoisotopic (exact) mass is 298 g/mol. The molecule has 0 spiro atoms. The van der Waals surface area contributed by atoms with Gasteiger partial charge in [-0.05, 0) is 0 Å². The molecule has 0 heterocycles. The molecule has 0 amide bonds. The van der Waals surface area contributed by atoms with Crippen molar-refractivity contribution in [3.05, 3.63) is 0 Å². The zero-order valence-corrected chi connectivity index (χ0v) is 9.96. The Balaban J connectivity index is 0. The van der Waals surface area contributed by atoms with Crippen LogP contribution in [0.1, 0.15) is 12.8 Å². The maximum Gasteiger partial charge on any atom is 0.336 e. The van der Waals surface area contributed by atoms with Crippen LogP contribution < -0.4 is 0 Å². The van der Waals surface area contributed by atoms with Crippen molar-refractivity contribution in [1.82, 2.24) is 0 Å². The molecule has 11 heteroatoms. The Hall–Kier alpha value is -2.24. The standard InChI is InChI=1S/C6H8O7.C3H6O4/c7-3(8)1-6(13,5(11)12)2-4(9)10;4-1-2(5)3(6)7/h13H,1-2H2,(H,7,8)(H,9,10)(H,11,12);2,4-5H,1H2,(H,6,7). The zero-order valence-electron chi connectivity index (χ0n) is 9.96. The van der Waals surface area contributed by atoms with Crippen LogP contribution in [0.4, 0.5) is 0 Å². The zero-order chi connectivity index (χ0) is 16.5. The van der Waals surface area contributed by atoms with Gasteiger partial charge in [0.15, 0.2) is 11.7 Å². The van der Waals surface area contributed by atoms with Gasteiger partial charge in [-0.1, -0.05) is 0 Å². The number of carbonyl (C=O) groups is 4. The topological polar surface area (TPSA) is 210 Å². The van der Waals surface area contributed by atoms with Crippen molar-refractivity contribution in [2.75, 3.05) is 6.61 Å². The number of aliphatic carboxylic acids is 4. The molecule has 0 rings (SSSR count). The van der Waals surface area contributed by atoms with Crippen LogP contribution in [0.5, 0.6) is 0 Å². The Labute approximate surface area is 111 Å². The smallest absolute Gasteiger partial charge is 0.336 e. The van der Waals surface area contributed by atoms with Crippen LogP contribution in [0.3, 0.4) is 0 Å². The minimum Gasteiger partial charge on any atom is -0.481 e. The first-order valence-corrected chi connectivity index (χ1v) is 4.87. The summed E-state index contributed by atoms with van der Waals surface area (Å²) in [5, 5.41) is 57.5. The highest BCUT2D eigenvalue weighted by atomic mass is 16.4. The van der Waals surface area contributed by atoms with Crippen molar-refractivity contribution in [2.45, 2.75) is 24.5 Å². The van der Waals surface area contributed by atoms with Gasteiger partial charge in [-0.15, -0.1) is 0 Å². The summed E-state index contributed by atoms with van der Waals surface area (Å²) in [6.07, 6.45) is -3.91. The second-order valence-corrected chi connectivity index (χ2v) is 3.51. The molecule has 0 saturated heterocycles. The van der Waals surface area contributed by atoms with E-state index in [0.29, 0.717) is 0 Å². The van der Waals surface area contributed by atoms with Gasteiger partial charge in [0.05, 0.1) is 19.4 Å². The summed E-state index contributed by atoms with van der Waals surface area (Å²) in [6.45, 7) is -0.727. The highest BCUT2D eigenvalue weighted by Crippen LogP contribution is 2.15. The summed E-state index contributed by atoms with van der Waals surface area (Å²) in [6, 6.07) is 0. The van der Waals surface area contributed by atoms with E-state index in [4.69, 9.17) is 35.7 Å². The molecule has 0 radical (unpaired) electrons. The highest BCUT2D eigenvalue weighted by Gasteiger charge is 2.40. The molecule has 0 aliphatic heterocycles. The normalized spacial score (nSPS) is 11.8. The summed E-state index contributed by atoms with van der Waals surface area (Å²) in [4.78, 5) is 40.0. The van der Waals surface area contributed by atoms with Crippen molar-refractivity contribution in [3.63, 3.8) is 0 Å². The molecule has 0 aliphatic rings. The van der Waals surface area contributed by atoms with Gasteiger partial charge < -0.3 is 35.7 Å². The average Bonchev–Trinajstić information content (AvgIpc) is 2.26. The lowest BCUT2D eigenvalue weighted by Crippen LogP contribution is -2.42. The molecule has 1 unspecified atom stereocenters. The molecule has 0 aromatic carbocycles. The number of aliphatic hydroxyl groups excluding tert-OH is 2. The molecule has 0 aromatic heterocycles. The lowest BCUT2D eigenvalue weighted by molar-refractivity contribution is -0.170. The van der Waals surface area contributed by atoms with Gasteiger partial charge in [0.1, 0.15) is 0 Å². The third kappa shape index (κ3) is 8.79. The van der Waals surface area contributed by atoms with Crippen LogP contribution in [0.2, 0.25) is 0 Å². The molecular formula is C9H14O11. The van der Waals surface area contributed by atoms with Crippen LogP contribution in [0.25, 0.3) is 0 Å².